The van der Waals surface area contributed by atoms with Crippen molar-refractivity contribution in [3.05, 3.63) is 0 Å². The lowest BCUT2D eigenvalue weighted by Gasteiger charge is -1.98. The molecule has 0 amide bonds. The normalized spacial score (nSPS) is 8.53. The third-order valence-corrected chi connectivity index (χ3v) is 1.51. The van der Waals surface area contributed by atoms with Crippen molar-refractivity contribution in [3.8, 4) is 0 Å². The van der Waals surface area contributed by atoms with E-state index in [9.17, 15) is 4.79 Å². The number of hydrogen-bond acceptors (Lipinski definition) is 3. The molecular weight excluding hydrogens is 192 g/mol. The molecule has 0 saturated heterocycles. The van der Waals surface area contributed by atoms with Gasteiger partial charge in [-0.1, -0.05) is 27.7 Å². The molecular formula is C12H26O3. The highest BCUT2D eigenvalue weighted by Crippen LogP contribution is 1.92. The highest BCUT2D eigenvalue weighted by molar-refractivity contribution is 5.49. The van der Waals surface area contributed by atoms with Crippen LogP contribution in [0, 0.1) is 5.92 Å². The minimum atomic E-state index is -0.0648. The lowest BCUT2D eigenvalue weighted by molar-refractivity contribution is -0.108. The van der Waals surface area contributed by atoms with Crippen LogP contribution in [0.1, 0.15) is 53.9 Å². The summed E-state index contributed by atoms with van der Waals surface area (Å²) in [6, 6.07) is 0. The summed E-state index contributed by atoms with van der Waals surface area (Å²) in [5, 5.41) is 8.67. The fourth-order valence-electron chi connectivity index (χ4n) is 0.481. The Bertz CT molecular complexity index is 118. The molecule has 0 spiro atoms. The van der Waals surface area contributed by atoms with E-state index in [1.54, 1.807) is 0 Å². The minimum absolute atomic E-state index is 0.0648. The van der Waals surface area contributed by atoms with Gasteiger partial charge in [0, 0.05) is 6.42 Å². The van der Waals surface area contributed by atoms with Crippen molar-refractivity contribution in [1.29, 1.82) is 0 Å². The Labute approximate surface area is 93.9 Å². The van der Waals surface area contributed by atoms with Gasteiger partial charge in [-0.2, -0.15) is 0 Å². The van der Waals surface area contributed by atoms with Crippen molar-refractivity contribution in [2.45, 2.75) is 60.0 Å². The van der Waals surface area contributed by atoms with E-state index < -0.39 is 0 Å². The molecule has 0 aliphatic heterocycles. The van der Waals surface area contributed by atoms with Crippen molar-refractivity contribution in [1.82, 2.24) is 0 Å². The summed E-state index contributed by atoms with van der Waals surface area (Å²) in [6.45, 7) is 9.45. The number of hydrogen-bond donors (Lipinski definition) is 1. The van der Waals surface area contributed by atoms with Crippen molar-refractivity contribution >= 4 is 12.6 Å². The number of aliphatic hydroxyl groups is 1. The van der Waals surface area contributed by atoms with Crippen molar-refractivity contribution in [2.24, 2.45) is 5.92 Å². The standard InChI is InChI=1S/C5H10O.C5H12O.C2H4O/c1-5(2)3-4-6;1-3-5(6)4-2;1-2-3/h4-5H,3H2,1-2H3;5-6H,3-4H2,1-2H3;2H,1H3. The maximum absolute atomic E-state index is 9.62. The van der Waals surface area contributed by atoms with E-state index in [0.29, 0.717) is 12.3 Å². The first kappa shape index (κ1) is 19.8. The molecule has 15 heavy (non-hydrogen) atoms. The largest absolute Gasteiger partial charge is 0.393 e. The first-order valence-corrected chi connectivity index (χ1v) is 5.51. The Kier molecular flexibility index (Phi) is 25.0. The summed E-state index contributed by atoms with van der Waals surface area (Å²) in [6.07, 6.45) is 4.10. The van der Waals surface area contributed by atoms with Crippen LogP contribution in [0.4, 0.5) is 0 Å². The predicted molar refractivity (Wildman–Crippen MR) is 63.8 cm³/mol. The van der Waals surface area contributed by atoms with Crippen LogP contribution < -0.4 is 0 Å². The lowest BCUT2D eigenvalue weighted by atomic mass is 10.2. The fraction of sp³-hybridized carbons (Fsp3) is 0.833. The van der Waals surface area contributed by atoms with E-state index in [0.717, 1.165) is 25.4 Å². The highest BCUT2D eigenvalue weighted by Gasteiger charge is 1.90. The smallest absolute Gasteiger partial charge is 0.120 e. The average molecular weight is 218 g/mol. The van der Waals surface area contributed by atoms with Gasteiger partial charge >= 0.3 is 0 Å². The zero-order valence-corrected chi connectivity index (χ0v) is 10.7. The van der Waals surface area contributed by atoms with Crippen molar-refractivity contribution < 1.29 is 14.7 Å². The van der Waals surface area contributed by atoms with Gasteiger partial charge in [-0.15, -0.1) is 0 Å². The van der Waals surface area contributed by atoms with Gasteiger partial charge in [0.2, 0.25) is 0 Å². The van der Waals surface area contributed by atoms with Crippen LogP contribution in [0.3, 0.4) is 0 Å². The topological polar surface area (TPSA) is 54.4 Å². The van der Waals surface area contributed by atoms with E-state index in [1.807, 2.05) is 27.7 Å². The zero-order chi connectivity index (χ0) is 12.7. The molecule has 1 N–H and O–H groups in total. The summed E-state index contributed by atoms with van der Waals surface area (Å²) in [5.74, 6) is 0.530. The Morgan fingerprint density at radius 3 is 1.47 bits per heavy atom. The van der Waals surface area contributed by atoms with E-state index in [2.05, 4.69) is 0 Å². The van der Waals surface area contributed by atoms with Gasteiger partial charge in [-0.05, 0) is 25.7 Å². The Hall–Kier alpha value is -0.700. The van der Waals surface area contributed by atoms with Gasteiger partial charge in [0.1, 0.15) is 12.6 Å². The minimum Gasteiger partial charge on any atom is -0.393 e. The van der Waals surface area contributed by atoms with E-state index in [1.165, 1.54) is 6.92 Å². The quantitative estimate of drug-likeness (QED) is 0.738. The number of carbonyl (C=O) groups is 2. The second-order valence-corrected chi connectivity index (χ2v) is 3.50. The molecule has 0 radical (unpaired) electrons. The molecule has 0 aromatic rings. The molecule has 0 aliphatic rings. The number of carbonyl (C=O) groups excluding carboxylic acids is 2. The molecule has 0 aromatic carbocycles. The highest BCUT2D eigenvalue weighted by atomic mass is 16.3. The molecule has 0 fully saturated rings. The molecule has 0 bridgehead atoms. The Balaban J connectivity index is -0.000000153. The molecule has 92 valence electrons. The monoisotopic (exact) mass is 218 g/mol. The first-order chi connectivity index (χ1) is 6.99. The van der Waals surface area contributed by atoms with Gasteiger partial charge in [-0.25, -0.2) is 0 Å². The summed E-state index contributed by atoms with van der Waals surface area (Å²) in [7, 11) is 0. The summed E-state index contributed by atoms with van der Waals surface area (Å²) >= 11 is 0. The van der Waals surface area contributed by atoms with Gasteiger partial charge in [0.15, 0.2) is 0 Å². The number of rotatable bonds is 4. The molecule has 0 atom stereocenters. The van der Waals surface area contributed by atoms with Crippen LogP contribution in [0.25, 0.3) is 0 Å². The Morgan fingerprint density at radius 1 is 1.13 bits per heavy atom. The predicted octanol–water partition coefficient (Wildman–Crippen LogP) is 2.60. The maximum Gasteiger partial charge on any atom is 0.120 e. The van der Waals surface area contributed by atoms with E-state index in [4.69, 9.17) is 9.90 Å². The van der Waals surface area contributed by atoms with Gasteiger partial charge in [0.05, 0.1) is 6.10 Å². The SMILES string of the molecule is CC(C)CC=O.CC=O.CCC(O)CC. The summed E-state index contributed by atoms with van der Waals surface area (Å²) in [4.78, 5) is 18.4. The molecule has 0 rings (SSSR count). The molecule has 0 aliphatic carbocycles. The second-order valence-electron chi connectivity index (χ2n) is 3.50. The molecule has 3 heteroatoms. The van der Waals surface area contributed by atoms with Crippen LogP contribution in [-0.4, -0.2) is 23.8 Å². The van der Waals surface area contributed by atoms with Crippen molar-refractivity contribution in [2.75, 3.05) is 0 Å². The summed E-state index contributed by atoms with van der Waals surface area (Å²) in [5.41, 5.74) is 0. The second kappa shape index (κ2) is 19.0. The third-order valence-electron chi connectivity index (χ3n) is 1.51. The van der Waals surface area contributed by atoms with Crippen LogP contribution in [0.15, 0.2) is 0 Å². The number of aliphatic hydroxyl groups excluding tert-OH is 1. The summed E-state index contributed by atoms with van der Waals surface area (Å²) < 4.78 is 0. The third kappa shape index (κ3) is 42.8. The van der Waals surface area contributed by atoms with Crippen LogP contribution in [-0.2, 0) is 9.59 Å². The van der Waals surface area contributed by atoms with Crippen LogP contribution in [0.5, 0.6) is 0 Å². The first-order valence-electron chi connectivity index (χ1n) is 5.51. The van der Waals surface area contributed by atoms with Crippen LogP contribution >= 0.6 is 0 Å². The molecule has 0 saturated carbocycles. The van der Waals surface area contributed by atoms with E-state index in [-0.39, 0.29) is 6.10 Å². The molecule has 0 unspecified atom stereocenters. The fourth-order valence-corrected chi connectivity index (χ4v) is 0.481. The van der Waals surface area contributed by atoms with Crippen molar-refractivity contribution in [3.63, 3.8) is 0 Å². The number of aldehydes is 2. The van der Waals surface area contributed by atoms with Gasteiger partial charge in [0.25, 0.3) is 0 Å². The van der Waals surface area contributed by atoms with E-state index >= 15 is 0 Å². The Morgan fingerprint density at radius 2 is 1.47 bits per heavy atom. The van der Waals surface area contributed by atoms with Gasteiger partial charge in [-0.3, -0.25) is 0 Å². The molecule has 0 heterocycles. The lowest BCUT2D eigenvalue weighted by Crippen LogP contribution is -1.99. The average Bonchev–Trinajstić information content (AvgIpc) is 2.18. The molecule has 3 nitrogen and oxygen atoms in total. The zero-order valence-electron chi connectivity index (χ0n) is 10.7. The van der Waals surface area contributed by atoms with Gasteiger partial charge < -0.3 is 14.7 Å². The maximum atomic E-state index is 9.62. The molecule has 0 aromatic heterocycles. The van der Waals surface area contributed by atoms with Crippen LogP contribution in [0.2, 0.25) is 0 Å².